The monoisotopic (exact) mass is 276 g/mol. The molecule has 19 heavy (non-hydrogen) atoms. The number of anilines is 1. The molecule has 0 amide bonds. The van der Waals surface area contributed by atoms with Crippen LogP contribution >= 0.6 is 0 Å². The molecular weight excluding hydrogens is 260 g/mol. The van der Waals surface area contributed by atoms with Crippen LogP contribution in [0.2, 0.25) is 0 Å². The van der Waals surface area contributed by atoms with Gasteiger partial charge in [0, 0.05) is 25.7 Å². The van der Waals surface area contributed by atoms with Crippen molar-refractivity contribution < 1.29 is 17.6 Å². The predicted octanol–water partition coefficient (Wildman–Crippen LogP) is 2.98. The lowest BCUT2D eigenvalue weighted by molar-refractivity contribution is -0.137. The number of hydrogen-bond donors (Lipinski definition) is 0. The first-order valence-electron chi connectivity index (χ1n) is 6.11. The van der Waals surface area contributed by atoms with E-state index in [0.717, 1.165) is 19.2 Å². The highest BCUT2D eigenvalue weighted by molar-refractivity contribution is 5.51. The normalized spacial score (nSPS) is 21.8. The van der Waals surface area contributed by atoms with E-state index in [1.54, 1.807) is 0 Å². The Morgan fingerprint density at radius 1 is 1.21 bits per heavy atom. The molecule has 0 unspecified atom stereocenters. The van der Waals surface area contributed by atoms with Crippen LogP contribution in [-0.2, 0) is 6.18 Å². The Morgan fingerprint density at radius 3 is 2.42 bits per heavy atom. The Balaban J connectivity index is 2.26. The molecule has 0 bridgehead atoms. The van der Waals surface area contributed by atoms with Crippen molar-refractivity contribution in [2.75, 3.05) is 31.6 Å². The highest BCUT2D eigenvalue weighted by Gasteiger charge is 2.32. The van der Waals surface area contributed by atoms with Crippen LogP contribution < -0.4 is 4.90 Å². The average molecular weight is 276 g/mol. The maximum atomic E-state index is 13.9. The van der Waals surface area contributed by atoms with E-state index in [4.69, 9.17) is 0 Å². The van der Waals surface area contributed by atoms with E-state index < -0.39 is 17.6 Å². The SMILES string of the molecule is C[C@H]1CN(C)CCN1c1ccc(C(F)(F)F)cc1F. The Labute approximate surface area is 109 Å². The minimum Gasteiger partial charge on any atom is -0.364 e. The zero-order valence-corrected chi connectivity index (χ0v) is 10.8. The fourth-order valence-corrected chi connectivity index (χ4v) is 2.41. The molecule has 1 atom stereocenters. The molecule has 1 fully saturated rings. The van der Waals surface area contributed by atoms with Crippen molar-refractivity contribution in [2.24, 2.45) is 0 Å². The van der Waals surface area contributed by atoms with E-state index in [-0.39, 0.29) is 11.7 Å². The summed E-state index contributed by atoms with van der Waals surface area (Å²) in [5.41, 5.74) is -0.705. The molecule has 1 saturated heterocycles. The Hall–Kier alpha value is -1.30. The number of piperazine rings is 1. The maximum absolute atomic E-state index is 13.9. The van der Waals surface area contributed by atoms with Crippen LogP contribution in [0.1, 0.15) is 12.5 Å². The van der Waals surface area contributed by atoms with E-state index in [2.05, 4.69) is 4.90 Å². The van der Waals surface area contributed by atoms with Crippen LogP contribution in [-0.4, -0.2) is 37.6 Å². The van der Waals surface area contributed by atoms with E-state index in [9.17, 15) is 17.6 Å². The third-order valence-corrected chi connectivity index (χ3v) is 3.42. The lowest BCUT2D eigenvalue weighted by Gasteiger charge is -2.40. The van der Waals surface area contributed by atoms with Crippen molar-refractivity contribution in [1.82, 2.24) is 4.90 Å². The molecule has 0 spiro atoms. The second-order valence-corrected chi connectivity index (χ2v) is 4.97. The Morgan fingerprint density at radius 2 is 1.89 bits per heavy atom. The molecule has 0 aromatic heterocycles. The summed E-state index contributed by atoms with van der Waals surface area (Å²) in [7, 11) is 1.97. The molecule has 0 N–H and O–H groups in total. The molecule has 6 heteroatoms. The molecule has 1 heterocycles. The number of likely N-dealkylation sites (N-methyl/N-ethyl adjacent to an activating group) is 1. The summed E-state index contributed by atoms with van der Waals surface area (Å²) in [6.45, 7) is 4.08. The first-order valence-corrected chi connectivity index (χ1v) is 6.11. The lowest BCUT2D eigenvalue weighted by Crippen LogP contribution is -2.50. The van der Waals surface area contributed by atoms with Crippen molar-refractivity contribution in [3.8, 4) is 0 Å². The highest BCUT2D eigenvalue weighted by atomic mass is 19.4. The predicted molar refractivity (Wildman–Crippen MR) is 65.7 cm³/mol. The van der Waals surface area contributed by atoms with Crippen LogP contribution in [0, 0.1) is 5.82 Å². The first kappa shape index (κ1) is 14.1. The first-order chi connectivity index (χ1) is 8.79. The van der Waals surface area contributed by atoms with E-state index in [0.29, 0.717) is 12.6 Å². The van der Waals surface area contributed by atoms with Gasteiger partial charge in [-0.2, -0.15) is 13.2 Å². The number of halogens is 4. The van der Waals surface area contributed by atoms with E-state index in [1.165, 1.54) is 6.07 Å². The van der Waals surface area contributed by atoms with Gasteiger partial charge >= 0.3 is 6.18 Å². The minimum absolute atomic E-state index is 0.0741. The summed E-state index contributed by atoms with van der Waals surface area (Å²) in [5.74, 6) is -0.814. The van der Waals surface area contributed by atoms with Crippen molar-refractivity contribution in [3.63, 3.8) is 0 Å². The van der Waals surface area contributed by atoms with Crippen LogP contribution in [0.5, 0.6) is 0 Å². The molecule has 2 rings (SSSR count). The van der Waals surface area contributed by atoms with Crippen molar-refractivity contribution in [2.45, 2.75) is 19.1 Å². The van der Waals surface area contributed by atoms with Crippen LogP contribution in [0.3, 0.4) is 0 Å². The minimum atomic E-state index is -4.51. The van der Waals surface area contributed by atoms with Crippen LogP contribution in [0.15, 0.2) is 18.2 Å². The zero-order valence-electron chi connectivity index (χ0n) is 10.8. The third-order valence-electron chi connectivity index (χ3n) is 3.42. The van der Waals surface area contributed by atoms with Gasteiger partial charge in [-0.1, -0.05) is 0 Å². The second-order valence-electron chi connectivity index (χ2n) is 4.97. The van der Waals surface area contributed by atoms with Gasteiger partial charge in [0.25, 0.3) is 0 Å². The summed E-state index contributed by atoms with van der Waals surface area (Å²) < 4.78 is 51.3. The van der Waals surface area contributed by atoms with Crippen LogP contribution in [0.25, 0.3) is 0 Å². The summed E-state index contributed by atoms with van der Waals surface area (Å²) in [6.07, 6.45) is -4.51. The van der Waals surface area contributed by atoms with Crippen molar-refractivity contribution in [1.29, 1.82) is 0 Å². The Bertz CT molecular complexity index is 458. The van der Waals surface area contributed by atoms with Gasteiger partial charge in [0.1, 0.15) is 5.82 Å². The molecule has 106 valence electrons. The van der Waals surface area contributed by atoms with Gasteiger partial charge in [-0.25, -0.2) is 4.39 Å². The fourth-order valence-electron chi connectivity index (χ4n) is 2.41. The summed E-state index contributed by atoms with van der Waals surface area (Å²) in [6, 6.07) is 2.80. The van der Waals surface area contributed by atoms with Crippen molar-refractivity contribution in [3.05, 3.63) is 29.6 Å². The molecule has 1 aromatic rings. The highest BCUT2D eigenvalue weighted by Crippen LogP contribution is 2.33. The number of benzene rings is 1. The van der Waals surface area contributed by atoms with Crippen molar-refractivity contribution >= 4 is 5.69 Å². The molecule has 1 aliphatic heterocycles. The van der Waals surface area contributed by atoms with Gasteiger partial charge in [0.2, 0.25) is 0 Å². The van der Waals surface area contributed by atoms with Gasteiger partial charge in [-0.05, 0) is 32.2 Å². The summed E-state index contributed by atoms with van der Waals surface area (Å²) in [4.78, 5) is 3.93. The number of alkyl halides is 3. The van der Waals surface area contributed by atoms with E-state index >= 15 is 0 Å². The van der Waals surface area contributed by atoms with Gasteiger partial charge in [0.15, 0.2) is 0 Å². The van der Waals surface area contributed by atoms with Gasteiger partial charge in [0.05, 0.1) is 11.3 Å². The topological polar surface area (TPSA) is 6.48 Å². The average Bonchev–Trinajstić information content (AvgIpc) is 2.28. The molecule has 0 radical (unpaired) electrons. The van der Waals surface area contributed by atoms with E-state index in [1.807, 2.05) is 18.9 Å². The summed E-state index contributed by atoms with van der Waals surface area (Å²) in [5, 5.41) is 0. The lowest BCUT2D eigenvalue weighted by atomic mass is 10.1. The molecule has 1 aliphatic rings. The largest absolute Gasteiger partial charge is 0.416 e. The molecule has 2 nitrogen and oxygen atoms in total. The molecule has 1 aromatic carbocycles. The molecular formula is C13H16F4N2. The van der Waals surface area contributed by atoms with Gasteiger partial charge < -0.3 is 9.80 Å². The summed E-state index contributed by atoms with van der Waals surface area (Å²) >= 11 is 0. The van der Waals surface area contributed by atoms with Gasteiger partial charge in [-0.3, -0.25) is 0 Å². The number of rotatable bonds is 1. The fraction of sp³-hybridized carbons (Fsp3) is 0.538. The smallest absolute Gasteiger partial charge is 0.364 e. The molecule has 0 aliphatic carbocycles. The maximum Gasteiger partial charge on any atom is 0.416 e. The number of nitrogens with zero attached hydrogens (tertiary/aromatic N) is 2. The second kappa shape index (κ2) is 5.00. The standard InChI is InChI=1S/C13H16F4N2/c1-9-8-18(2)5-6-19(9)12-4-3-10(7-11(12)14)13(15,16)17/h3-4,7,9H,5-6,8H2,1-2H3/t9-/m0/s1. The van der Waals surface area contributed by atoms with Crippen LogP contribution in [0.4, 0.5) is 23.2 Å². The quantitative estimate of drug-likeness (QED) is 0.728. The molecule has 0 saturated carbocycles. The number of hydrogen-bond acceptors (Lipinski definition) is 2. The Kier molecular flexibility index (Phi) is 3.71. The zero-order chi connectivity index (χ0) is 14.2. The third kappa shape index (κ3) is 3.00. The van der Waals surface area contributed by atoms with Gasteiger partial charge in [-0.15, -0.1) is 0 Å².